The summed E-state index contributed by atoms with van der Waals surface area (Å²) in [7, 11) is 1.91. The van der Waals surface area contributed by atoms with Crippen LogP contribution in [0.15, 0.2) is 48.5 Å². The largest absolute Gasteiger partial charge is 0.344 e. The minimum absolute atomic E-state index is 0.0581. The Labute approximate surface area is 107 Å². The van der Waals surface area contributed by atoms with Gasteiger partial charge in [-0.25, -0.2) is 4.39 Å². The van der Waals surface area contributed by atoms with Crippen molar-refractivity contribution in [2.45, 2.75) is 13.0 Å². The van der Waals surface area contributed by atoms with Crippen LogP contribution in [0.25, 0.3) is 0 Å². The Bertz CT molecular complexity index is 538. The molecule has 0 spiro atoms. The van der Waals surface area contributed by atoms with Crippen molar-refractivity contribution in [2.24, 2.45) is 5.73 Å². The maximum Gasteiger partial charge on any atom is 0.125 e. The van der Waals surface area contributed by atoms with Gasteiger partial charge in [-0.1, -0.05) is 24.3 Å². The fourth-order valence-corrected chi connectivity index (χ4v) is 2.00. The normalized spacial score (nSPS) is 12.2. The van der Waals surface area contributed by atoms with Gasteiger partial charge in [0, 0.05) is 24.5 Å². The smallest absolute Gasteiger partial charge is 0.125 e. The molecular weight excluding hydrogens is 227 g/mol. The molecule has 2 rings (SSSR count). The van der Waals surface area contributed by atoms with Crippen molar-refractivity contribution in [3.8, 4) is 0 Å². The van der Waals surface area contributed by atoms with Gasteiger partial charge < -0.3 is 10.6 Å². The quantitative estimate of drug-likeness (QED) is 0.893. The molecule has 0 saturated heterocycles. The summed E-state index contributed by atoms with van der Waals surface area (Å²) in [4.78, 5) is 1.95. The van der Waals surface area contributed by atoms with E-state index in [4.69, 9.17) is 5.73 Å². The van der Waals surface area contributed by atoms with E-state index >= 15 is 0 Å². The Kier molecular flexibility index (Phi) is 3.63. The number of rotatable bonds is 3. The van der Waals surface area contributed by atoms with Crippen LogP contribution in [-0.2, 0) is 0 Å². The van der Waals surface area contributed by atoms with Crippen molar-refractivity contribution in [3.05, 3.63) is 59.9 Å². The van der Waals surface area contributed by atoms with Crippen molar-refractivity contribution >= 4 is 11.4 Å². The molecule has 0 aliphatic carbocycles. The van der Waals surface area contributed by atoms with E-state index in [1.54, 1.807) is 6.07 Å². The third kappa shape index (κ3) is 2.51. The lowest BCUT2D eigenvalue weighted by Gasteiger charge is -2.24. The molecule has 0 radical (unpaired) electrons. The molecule has 94 valence electrons. The molecule has 18 heavy (non-hydrogen) atoms. The van der Waals surface area contributed by atoms with Crippen LogP contribution in [-0.4, -0.2) is 7.05 Å². The van der Waals surface area contributed by atoms with Gasteiger partial charge in [-0.3, -0.25) is 0 Å². The SMILES string of the molecule is C[C@H](N)c1ccccc1N(C)c1cccc(F)c1. The zero-order chi connectivity index (χ0) is 13.1. The fraction of sp³-hybridized carbons (Fsp3) is 0.200. The minimum atomic E-state index is -0.238. The van der Waals surface area contributed by atoms with Gasteiger partial charge in [-0.2, -0.15) is 0 Å². The van der Waals surface area contributed by atoms with E-state index in [1.165, 1.54) is 12.1 Å². The molecule has 2 aromatic carbocycles. The number of para-hydroxylation sites is 1. The molecule has 3 heteroatoms. The van der Waals surface area contributed by atoms with Crippen LogP contribution in [0.2, 0.25) is 0 Å². The molecule has 0 unspecified atom stereocenters. The average Bonchev–Trinajstić information content (AvgIpc) is 2.38. The number of halogens is 1. The second-order valence-corrected chi connectivity index (χ2v) is 4.39. The first-order valence-corrected chi connectivity index (χ1v) is 5.93. The highest BCUT2D eigenvalue weighted by molar-refractivity contribution is 5.66. The maximum atomic E-state index is 13.3. The van der Waals surface area contributed by atoms with E-state index in [-0.39, 0.29) is 11.9 Å². The van der Waals surface area contributed by atoms with Gasteiger partial charge in [-0.15, -0.1) is 0 Å². The van der Waals surface area contributed by atoms with Crippen LogP contribution in [0.1, 0.15) is 18.5 Å². The zero-order valence-electron chi connectivity index (χ0n) is 10.6. The van der Waals surface area contributed by atoms with Gasteiger partial charge in [0.2, 0.25) is 0 Å². The van der Waals surface area contributed by atoms with Crippen LogP contribution in [0, 0.1) is 5.82 Å². The Morgan fingerprint density at radius 3 is 2.50 bits per heavy atom. The topological polar surface area (TPSA) is 29.3 Å². The van der Waals surface area contributed by atoms with Crippen LogP contribution in [0.4, 0.5) is 15.8 Å². The second-order valence-electron chi connectivity index (χ2n) is 4.39. The third-order valence-corrected chi connectivity index (χ3v) is 2.98. The summed E-state index contributed by atoms with van der Waals surface area (Å²) in [5.74, 6) is -0.238. The van der Waals surface area contributed by atoms with Crippen LogP contribution < -0.4 is 10.6 Å². The van der Waals surface area contributed by atoms with Gasteiger partial charge >= 0.3 is 0 Å². The van der Waals surface area contributed by atoms with Crippen molar-refractivity contribution in [1.82, 2.24) is 0 Å². The van der Waals surface area contributed by atoms with Crippen molar-refractivity contribution in [1.29, 1.82) is 0 Å². The molecule has 2 aromatic rings. The zero-order valence-corrected chi connectivity index (χ0v) is 10.6. The second kappa shape index (κ2) is 5.19. The monoisotopic (exact) mass is 244 g/mol. The summed E-state index contributed by atoms with van der Waals surface area (Å²) >= 11 is 0. The van der Waals surface area contributed by atoms with E-state index < -0.39 is 0 Å². The van der Waals surface area contributed by atoms with Gasteiger partial charge in [0.05, 0.1) is 0 Å². The Hall–Kier alpha value is -1.87. The molecule has 2 nitrogen and oxygen atoms in total. The average molecular weight is 244 g/mol. The molecule has 1 atom stereocenters. The molecule has 0 bridgehead atoms. The highest BCUT2D eigenvalue weighted by Crippen LogP contribution is 2.29. The first kappa shape index (κ1) is 12.6. The molecule has 0 fully saturated rings. The number of hydrogen-bond acceptors (Lipinski definition) is 2. The van der Waals surface area contributed by atoms with Crippen molar-refractivity contribution in [2.75, 3.05) is 11.9 Å². The predicted octanol–water partition coefficient (Wildman–Crippen LogP) is 3.61. The highest BCUT2D eigenvalue weighted by Gasteiger charge is 2.11. The summed E-state index contributed by atoms with van der Waals surface area (Å²) in [6, 6.07) is 14.4. The molecule has 0 aromatic heterocycles. The van der Waals surface area contributed by atoms with E-state index in [9.17, 15) is 4.39 Å². The minimum Gasteiger partial charge on any atom is -0.344 e. The third-order valence-electron chi connectivity index (χ3n) is 2.98. The Balaban J connectivity index is 2.43. The lowest BCUT2D eigenvalue weighted by molar-refractivity contribution is 0.628. The summed E-state index contributed by atoms with van der Waals surface area (Å²) in [5.41, 5.74) is 8.81. The number of anilines is 2. The molecular formula is C15H17FN2. The predicted molar refractivity (Wildman–Crippen MR) is 73.5 cm³/mol. The van der Waals surface area contributed by atoms with Crippen LogP contribution in [0.3, 0.4) is 0 Å². The van der Waals surface area contributed by atoms with Gasteiger partial charge in [-0.05, 0) is 36.8 Å². The Morgan fingerprint density at radius 2 is 1.83 bits per heavy atom. The first-order valence-electron chi connectivity index (χ1n) is 5.93. The van der Waals surface area contributed by atoms with E-state index in [1.807, 2.05) is 49.2 Å². The van der Waals surface area contributed by atoms with Crippen LogP contribution >= 0.6 is 0 Å². The summed E-state index contributed by atoms with van der Waals surface area (Å²) in [6.07, 6.45) is 0. The lowest BCUT2D eigenvalue weighted by Crippen LogP contribution is -2.15. The van der Waals surface area contributed by atoms with E-state index in [0.29, 0.717) is 0 Å². The standard InChI is InChI=1S/C15H17FN2/c1-11(17)14-8-3-4-9-15(14)18(2)13-7-5-6-12(16)10-13/h3-11H,17H2,1-2H3/t11-/m0/s1. The molecule has 0 heterocycles. The van der Waals surface area contributed by atoms with E-state index in [2.05, 4.69) is 0 Å². The van der Waals surface area contributed by atoms with Crippen molar-refractivity contribution < 1.29 is 4.39 Å². The number of nitrogens with zero attached hydrogens (tertiary/aromatic N) is 1. The summed E-state index contributed by atoms with van der Waals surface area (Å²) in [5, 5.41) is 0. The number of benzene rings is 2. The van der Waals surface area contributed by atoms with Gasteiger partial charge in [0.15, 0.2) is 0 Å². The molecule has 2 N–H and O–H groups in total. The molecule has 0 aliphatic heterocycles. The van der Waals surface area contributed by atoms with E-state index in [0.717, 1.165) is 16.9 Å². The Morgan fingerprint density at radius 1 is 1.11 bits per heavy atom. The molecule has 0 aliphatic rings. The van der Waals surface area contributed by atoms with Gasteiger partial charge in [0.1, 0.15) is 5.82 Å². The molecule has 0 amide bonds. The highest BCUT2D eigenvalue weighted by atomic mass is 19.1. The van der Waals surface area contributed by atoms with Gasteiger partial charge in [0.25, 0.3) is 0 Å². The molecule has 0 saturated carbocycles. The van der Waals surface area contributed by atoms with Crippen molar-refractivity contribution in [3.63, 3.8) is 0 Å². The fourth-order valence-electron chi connectivity index (χ4n) is 2.00. The number of hydrogen-bond donors (Lipinski definition) is 1. The van der Waals surface area contributed by atoms with Crippen LogP contribution in [0.5, 0.6) is 0 Å². The summed E-state index contributed by atoms with van der Waals surface area (Å²) < 4.78 is 13.3. The lowest BCUT2D eigenvalue weighted by atomic mass is 10.1. The summed E-state index contributed by atoms with van der Waals surface area (Å²) in [6.45, 7) is 1.94. The first-order chi connectivity index (χ1) is 8.59. The maximum absolute atomic E-state index is 13.3. The number of nitrogens with two attached hydrogens (primary N) is 1.